The fourth-order valence-electron chi connectivity index (χ4n) is 4.04. The molecular weight excluding hydrogens is 440 g/mol. The Morgan fingerprint density at radius 2 is 1.86 bits per heavy atom. The first kappa shape index (κ1) is 24.2. The second-order valence-corrected chi connectivity index (χ2v) is 8.45. The number of nitrogens with zero attached hydrogens (tertiary/aromatic N) is 3. The quantitative estimate of drug-likeness (QED) is 0.273. The number of rotatable bonds is 11. The lowest BCUT2D eigenvalue weighted by Crippen LogP contribution is -2.25. The van der Waals surface area contributed by atoms with E-state index in [1.165, 1.54) is 0 Å². The highest BCUT2D eigenvalue weighted by Gasteiger charge is 2.13. The smallest absolute Gasteiger partial charge is 0.251 e. The zero-order valence-electron chi connectivity index (χ0n) is 20.3. The molecule has 8 heteroatoms. The highest BCUT2D eigenvalue weighted by Crippen LogP contribution is 2.27. The minimum absolute atomic E-state index is 0.0505. The molecule has 1 amide bonds. The molecule has 0 saturated heterocycles. The first-order valence-corrected chi connectivity index (χ1v) is 11.9. The summed E-state index contributed by atoms with van der Waals surface area (Å²) in [6, 6.07) is 13.5. The van der Waals surface area contributed by atoms with Crippen LogP contribution in [0.25, 0.3) is 16.9 Å². The lowest BCUT2D eigenvalue weighted by atomic mass is 10.1. The molecule has 2 heterocycles. The number of aromatic nitrogens is 3. The molecule has 0 radical (unpaired) electrons. The molecule has 0 aliphatic carbocycles. The summed E-state index contributed by atoms with van der Waals surface area (Å²) < 4.78 is 7.26. The van der Waals surface area contributed by atoms with Gasteiger partial charge in [-0.05, 0) is 74.3 Å². The number of methoxy groups -OCH3 is 1. The number of hydrogen-bond donors (Lipinski definition) is 3. The van der Waals surface area contributed by atoms with Gasteiger partial charge in [-0.2, -0.15) is 0 Å². The highest BCUT2D eigenvalue weighted by atomic mass is 16.5. The largest absolute Gasteiger partial charge is 0.497 e. The van der Waals surface area contributed by atoms with E-state index in [9.17, 15) is 4.79 Å². The lowest BCUT2D eigenvalue weighted by molar-refractivity contribution is 0.0952. The van der Waals surface area contributed by atoms with E-state index in [0.717, 1.165) is 60.5 Å². The van der Waals surface area contributed by atoms with Gasteiger partial charge in [0.15, 0.2) is 11.5 Å². The van der Waals surface area contributed by atoms with Crippen LogP contribution >= 0.6 is 0 Å². The maximum atomic E-state index is 12.6. The van der Waals surface area contributed by atoms with E-state index in [0.29, 0.717) is 23.6 Å². The van der Waals surface area contributed by atoms with Crippen molar-refractivity contribution in [2.75, 3.05) is 25.5 Å². The Labute approximate surface area is 205 Å². The number of carbonyl (C=O) groups excluding carboxylic acids is 1. The topological polar surface area (TPSA) is 107 Å². The van der Waals surface area contributed by atoms with Gasteiger partial charge in [0.25, 0.3) is 5.91 Å². The third-order valence-electron chi connectivity index (χ3n) is 5.96. The fraction of sp³-hybridized carbons (Fsp3) is 0.296. The Hall–Kier alpha value is -3.91. The summed E-state index contributed by atoms with van der Waals surface area (Å²) in [5.74, 6) is 1.40. The molecule has 8 nitrogen and oxygen atoms in total. The number of anilines is 2. The monoisotopic (exact) mass is 472 g/mol. The highest BCUT2D eigenvalue weighted by molar-refractivity contribution is 5.96. The van der Waals surface area contributed by atoms with Gasteiger partial charge in [0, 0.05) is 35.8 Å². The number of fused-ring (bicyclic) bond motifs is 1. The van der Waals surface area contributed by atoms with Gasteiger partial charge in [0.2, 0.25) is 0 Å². The van der Waals surface area contributed by atoms with E-state index >= 15 is 0 Å². The predicted octanol–water partition coefficient (Wildman–Crippen LogP) is 4.71. The number of imidazole rings is 1. The van der Waals surface area contributed by atoms with Crippen molar-refractivity contribution in [3.05, 3.63) is 72.2 Å². The predicted molar refractivity (Wildman–Crippen MR) is 139 cm³/mol. The van der Waals surface area contributed by atoms with Crippen LogP contribution in [0.15, 0.2) is 61.1 Å². The maximum absolute atomic E-state index is 12.6. The molecule has 0 aliphatic heterocycles. The number of nitrogens with two attached hydrogens (primary N) is 1. The van der Waals surface area contributed by atoms with E-state index in [4.69, 9.17) is 10.5 Å². The third-order valence-corrected chi connectivity index (χ3v) is 5.96. The summed E-state index contributed by atoms with van der Waals surface area (Å²) in [5.41, 5.74) is 10.6. The molecule has 4 N–H and O–H groups in total. The van der Waals surface area contributed by atoms with Gasteiger partial charge in [-0.1, -0.05) is 12.8 Å². The Balaban J connectivity index is 1.46. The molecule has 4 aromatic rings. The number of ether oxygens (including phenoxy) is 1. The second-order valence-electron chi connectivity index (χ2n) is 8.45. The van der Waals surface area contributed by atoms with Crippen molar-refractivity contribution in [1.29, 1.82) is 0 Å². The van der Waals surface area contributed by atoms with Crippen molar-refractivity contribution in [3.8, 4) is 17.0 Å². The number of unbranched alkanes of at least 4 members (excludes halogenated alkanes) is 3. The van der Waals surface area contributed by atoms with Crippen LogP contribution in [0.1, 0.15) is 41.6 Å². The zero-order valence-corrected chi connectivity index (χ0v) is 20.3. The minimum Gasteiger partial charge on any atom is -0.497 e. The second kappa shape index (κ2) is 11.5. The number of nitrogens with one attached hydrogen (secondary N) is 2. The summed E-state index contributed by atoms with van der Waals surface area (Å²) in [7, 11) is 1.65. The van der Waals surface area contributed by atoms with Crippen molar-refractivity contribution >= 4 is 23.1 Å². The molecule has 182 valence electrons. The van der Waals surface area contributed by atoms with E-state index in [1.54, 1.807) is 13.3 Å². The summed E-state index contributed by atoms with van der Waals surface area (Å²) in [4.78, 5) is 21.7. The van der Waals surface area contributed by atoms with Gasteiger partial charge >= 0.3 is 0 Å². The summed E-state index contributed by atoms with van der Waals surface area (Å²) >= 11 is 0. The first-order valence-electron chi connectivity index (χ1n) is 11.9. The Kier molecular flexibility index (Phi) is 7.95. The van der Waals surface area contributed by atoms with Crippen LogP contribution < -0.4 is 21.1 Å². The van der Waals surface area contributed by atoms with Gasteiger partial charge in [0.05, 0.1) is 19.0 Å². The van der Waals surface area contributed by atoms with Crippen LogP contribution in [0.5, 0.6) is 5.75 Å². The number of amides is 1. The van der Waals surface area contributed by atoms with Crippen molar-refractivity contribution in [1.82, 2.24) is 19.7 Å². The summed E-state index contributed by atoms with van der Waals surface area (Å²) in [6.45, 7) is 3.33. The van der Waals surface area contributed by atoms with E-state index in [1.807, 2.05) is 66.2 Å². The molecule has 4 rings (SSSR count). The molecule has 0 spiro atoms. The SMILES string of the molecule is COc1ccc(-c2cnc3c(Nc4ccc(C(=O)NCCCCCCN)c(C)c4)nccn23)cc1. The third kappa shape index (κ3) is 5.78. The number of hydrogen-bond acceptors (Lipinski definition) is 6. The standard InChI is InChI=1S/C27H32N6O2/c1-19-17-21(9-12-23(19)27(34)30-14-6-4-3-5-13-28)32-25-26-31-18-24(33(26)16-15-29-25)20-7-10-22(35-2)11-8-20/h7-12,15-18H,3-6,13-14,28H2,1-2H3,(H,29,32)(H,30,34). The first-order chi connectivity index (χ1) is 17.1. The average molecular weight is 473 g/mol. The van der Waals surface area contributed by atoms with Crippen LogP contribution in [0.2, 0.25) is 0 Å². The molecule has 2 aromatic carbocycles. The fourth-order valence-corrected chi connectivity index (χ4v) is 4.04. The van der Waals surface area contributed by atoms with E-state index in [2.05, 4.69) is 20.6 Å². The van der Waals surface area contributed by atoms with Crippen LogP contribution in [-0.2, 0) is 0 Å². The Morgan fingerprint density at radius 1 is 1.06 bits per heavy atom. The maximum Gasteiger partial charge on any atom is 0.251 e. The van der Waals surface area contributed by atoms with E-state index in [-0.39, 0.29) is 5.91 Å². The molecule has 0 unspecified atom stereocenters. The Morgan fingerprint density at radius 3 is 2.60 bits per heavy atom. The Bertz CT molecular complexity index is 1280. The molecule has 0 atom stereocenters. The van der Waals surface area contributed by atoms with Crippen LogP contribution in [0.4, 0.5) is 11.5 Å². The number of benzene rings is 2. The summed E-state index contributed by atoms with van der Waals surface area (Å²) in [6.07, 6.45) is 9.64. The lowest BCUT2D eigenvalue weighted by Gasteiger charge is -2.11. The molecule has 0 fully saturated rings. The minimum atomic E-state index is -0.0505. The number of carbonyl (C=O) groups is 1. The summed E-state index contributed by atoms with van der Waals surface area (Å²) in [5, 5.41) is 6.36. The zero-order chi connectivity index (χ0) is 24.6. The van der Waals surface area contributed by atoms with Crippen LogP contribution in [-0.4, -0.2) is 40.5 Å². The van der Waals surface area contributed by atoms with Gasteiger partial charge in [-0.25, -0.2) is 9.97 Å². The van der Waals surface area contributed by atoms with Gasteiger partial charge in [-0.15, -0.1) is 0 Å². The van der Waals surface area contributed by atoms with Crippen molar-refractivity contribution in [2.24, 2.45) is 5.73 Å². The van der Waals surface area contributed by atoms with Crippen LogP contribution in [0, 0.1) is 6.92 Å². The normalized spacial score (nSPS) is 10.9. The average Bonchev–Trinajstić information content (AvgIpc) is 3.31. The van der Waals surface area contributed by atoms with Gasteiger partial charge in [0.1, 0.15) is 5.75 Å². The van der Waals surface area contributed by atoms with Gasteiger partial charge < -0.3 is 21.1 Å². The van der Waals surface area contributed by atoms with Gasteiger partial charge in [-0.3, -0.25) is 9.20 Å². The van der Waals surface area contributed by atoms with E-state index < -0.39 is 0 Å². The molecule has 2 aromatic heterocycles. The molecule has 0 saturated carbocycles. The van der Waals surface area contributed by atoms with Crippen molar-refractivity contribution < 1.29 is 9.53 Å². The number of aryl methyl sites for hydroxylation is 1. The van der Waals surface area contributed by atoms with Crippen molar-refractivity contribution in [3.63, 3.8) is 0 Å². The molecule has 35 heavy (non-hydrogen) atoms. The van der Waals surface area contributed by atoms with Crippen LogP contribution in [0.3, 0.4) is 0 Å². The van der Waals surface area contributed by atoms with Crippen molar-refractivity contribution in [2.45, 2.75) is 32.6 Å². The molecule has 0 bridgehead atoms. The molecular formula is C27H32N6O2. The molecule has 0 aliphatic rings.